The zero-order chi connectivity index (χ0) is 27.6. The van der Waals surface area contributed by atoms with Crippen LogP contribution in [0.3, 0.4) is 0 Å². The van der Waals surface area contributed by atoms with Gasteiger partial charge in [-0.05, 0) is 60.3 Å². The van der Waals surface area contributed by atoms with Crippen LogP contribution in [0.15, 0.2) is 90.9 Å². The van der Waals surface area contributed by atoms with Crippen molar-refractivity contribution in [2.24, 2.45) is 0 Å². The minimum atomic E-state index is -3.96. The average molecular weight is 573 g/mol. The summed E-state index contributed by atoms with van der Waals surface area (Å²) >= 11 is 0. The molecule has 0 spiro atoms. The van der Waals surface area contributed by atoms with Gasteiger partial charge in [-0.1, -0.05) is 69.5 Å². The zero-order valence-electron chi connectivity index (χ0n) is 22.2. The molecule has 0 aliphatic carbocycles. The lowest BCUT2D eigenvalue weighted by Crippen LogP contribution is -2.59. The SMILES string of the molecule is C=C[Si]1(O)OC(C)C2O[Si](C=C)(O1)O[Si](O)(/C=C/COc1ccc(C(C)(C)c3ccccc3)cc1)OC2C. The Labute approximate surface area is 227 Å². The zero-order valence-corrected chi connectivity index (χ0v) is 25.2. The molecule has 38 heavy (non-hydrogen) atoms. The Bertz CT molecular complexity index is 1160. The molecule has 8 nitrogen and oxygen atoms in total. The average Bonchev–Trinajstić information content (AvgIpc) is 3.08. The van der Waals surface area contributed by atoms with E-state index in [1.165, 1.54) is 28.2 Å². The van der Waals surface area contributed by atoms with Gasteiger partial charge in [-0.3, -0.25) is 0 Å². The molecule has 6 unspecified atom stereocenters. The van der Waals surface area contributed by atoms with Crippen LogP contribution in [-0.4, -0.2) is 60.9 Å². The lowest BCUT2D eigenvalue weighted by molar-refractivity contribution is -0.0175. The van der Waals surface area contributed by atoms with Crippen molar-refractivity contribution in [2.75, 3.05) is 6.61 Å². The number of ether oxygens (including phenoxy) is 1. The predicted molar refractivity (Wildman–Crippen MR) is 150 cm³/mol. The van der Waals surface area contributed by atoms with Gasteiger partial charge in [-0.2, -0.15) is 0 Å². The molecule has 2 aliphatic rings. The van der Waals surface area contributed by atoms with Crippen molar-refractivity contribution in [1.82, 2.24) is 0 Å². The molecule has 0 aromatic heterocycles. The van der Waals surface area contributed by atoms with Gasteiger partial charge >= 0.3 is 26.4 Å². The first-order chi connectivity index (χ1) is 17.9. The van der Waals surface area contributed by atoms with Crippen LogP contribution in [-0.2, 0) is 26.9 Å². The van der Waals surface area contributed by atoms with Crippen LogP contribution < -0.4 is 4.74 Å². The highest BCUT2D eigenvalue weighted by Gasteiger charge is 2.62. The van der Waals surface area contributed by atoms with Gasteiger partial charge < -0.3 is 35.8 Å². The van der Waals surface area contributed by atoms with Gasteiger partial charge in [-0.25, -0.2) is 0 Å². The van der Waals surface area contributed by atoms with E-state index in [0.29, 0.717) is 5.75 Å². The van der Waals surface area contributed by atoms with Crippen LogP contribution >= 0.6 is 0 Å². The van der Waals surface area contributed by atoms with E-state index in [1.807, 2.05) is 30.3 Å². The summed E-state index contributed by atoms with van der Waals surface area (Å²) in [5.74, 6) is 0.691. The van der Waals surface area contributed by atoms with Crippen LogP contribution in [0.4, 0.5) is 0 Å². The standard InChI is InChI=1S/C27H36O8Si3/c1-7-36(28)31-21(3)26-22(4)32-37(29,35-38(8-2,33-26)34-36)20-12-19-30-25-17-15-24(16-18-25)27(5,6)23-13-10-9-11-14-23/h7-18,20-22,26,28-29H,1-2,19H2,3-6H3/b20-12+. The number of benzene rings is 2. The van der Waals surface area contributed by atoms with Crippen molar-refractivity contribution in [3.63, 3.8) is 0 Å². The van der Waals surface area contributed by atoms with Crippen LogP contribution in [0.25, 0.3) is 0 Å². The molecule has 2 heterocycles. The molecule has 2 N–H and O–H groups in total. The van der Waals surface area contributed by atoms with E-state index >= 15 is 0 Å². The predicted octanol–water partition coefficient (Wildman–Crippen LogP) is 3.99. The molecule has 11 heteroatoms. The van der Waals surface area contributed by atoms with Gasteiger partial charge in [0.15, 0.2) is 0 Å². The van der Waals surface area contributed by atoms with Crippen molar-refractivity contribution in [1.29, 1.82) is 0 Å². The molecule has 2 bridgehead atoms. The first kappa shape index (κ1) is 28.8. The molecule has 0 amide bonds. The number of hydrogen-bond donors (Lipinski definition) is 2. The van der Waals surface area contributed by atoms with Gasteiger partial charge in [0.05, 0.1) is 18.3 Å². The third-order valence-corrected chi connectivity index (χ3v) is 15.1. The Morgan fingerprint density at radius 3 is 2.03 bits per heavy atom. The molecule has 0 saturated carbocycles. The Morgan fingerprint density at radius 2 is 1.42 bits per heavy atom. The van der Waals surface area contributed by atoms with Gasteiger partial charge in [0.2, 0.25) is 0 Å². The second kappa shape index (κ2) is 11.1. The van der Waals surface area contributed by atoms with Crippen molar-refractivity contribution >= 4 is 26.4 Å². The summed E-state index contributed by atoms with van der Waals surface area (Å²) in [6, 6.07) is 18.3. The number of hydrogen-bond acceptors (Lipinski definition) is 8. The maximum atomic E-state index is 11.4. The second-order valence-corrected chi connectivity index (χ2v) is 17.2. The minimum Gasteiger partial charge on any atom is -0.490 e. The Morgan fingerprint density at radius 1 is 0.842 bits per heavy atom. The second-order valence-electron chi connectivity index (χ2n) is 9.93. The molecule has 2 aromatic rings. The van der Waals surface area contributed by atoms with Crippen molar-refractivity contribution in [3.8, 4) is 5.75 Å². The molecule has 2 saturated heterocycles. The van der Waals surface area contributed by atoms with Crippen LogP contribution in [0.1, 0.15) is 38.8 Å². The van der Waals surface area contributed by atoms with Crippen LogP contribution in [0.2, 0.25) is 0 Å². The molecular formula is C27H36O8Si3. The lowest BCUT2D eigenvalue weighted by Gasteiger charge is -2.32. The molecule has 204 valence electrons. The highest BCUT2D eigenvalue weighted by molar-refractivity contribution is 6.85. The summed E-state index contributed by atoms with van der Waals surface area (Å²) in [6.07, 6.45) is -0.194. The van der Waals surface area contributed by atoms with E-state index in [9.17, 15) is 9.59 Å². The van der Waals surface area contributed by atoms with E-state index in [-0.39, 0.29) is 12.0 Å². The van der Waals surface area contributed by atoms with Gasteiger partial charge in [-0.15, -0.1) is 0 Å². The summed E-state index contributed by atoms with van der Waals surface area (Å²) in [5.41, 5.74) is 6.34. The molecule has 2 aromatic carbocycles. The molecule has 0 radical (unpaired) electrons. The maximum Gasteiger partial charge on any atom is 0.519 e. The van der Waals surface area contributed by atoms with E-state index in [1.54, 1.807) is 19.9 Å². The van der Waals surface area contributed by atoms with E-state index < -0.39 is 44.7 Å². The highest BCUT2D eigenvalue weighted by Crippen LogP contribution is 2.35. The fourth-order valence-corrected chi connectivity index (χ4v) is 13.2. The Balaban J connectivity index is 1.45. The number of rotatable bonds is 8. The van der Waals surface area contributed by atoms with Gasteiger partial charge in [0.1, 0.15) is 12.4 Å². The highest BCUT2D eigenvalue weighted by atomic mass is 28.5. The molecular weight excluding hydrogens is 537 g/mol. The fourth-order valence-electron chi connectivity index (χ4n) is 4.58. The minimum absolute atomic E-state index is 0.144. The number of fused-ring (bicyclic) bond motifs is 2. The first-order valence-corrected chi connectivity index (χ1v) is 18.0. The molecule has 2 aliphatic heterocycles. The topological polar surface area (TPSA) is 95.8 Å². The molecule has 2 fully saturated rings. The summed E-state index contributed by atoms with van der Waals surface area (Å²) in [5, 5.41) is 0. The van der Waals surface area contributed by atoms with E-state index in [0.717, 1.165) is 0 Å². The third kappa shape index (κ3) is 6.18. The Hall–Kier alpha value is -2.17. The van der Waals surface area contributed by atoms with Crippen LogP contribution in [0, 0.1) is 0 Å². The smallest absolute Gasteiger partial charge is 0.490 e. The van der Waals surface area contributed by atoms with Crippen LogP contribution in [0.5, 0.6) is 5.75 Å². The summed E-state index contributed by atoms with van der Waals surface area (Å²) in [4.78, 5) is 22.2. The van der Waals surface area contributed by atoms with Crippen molar-refractivity contribution in [3.05, 3.63) is 102 Å². The fraction of sp³-hybridized carbons (Fsp3) is 0.333. The molecule has 6 atom stereocenters. The normalized spacial score (nSPS) is 33.8. The molecule has 4 rings (SSSR count). The summed E-state index contributed by atoms with van der Waals surface area (Å²) in [6.45, 7) is 15.5. The summed E-state index contributed by atoms with van der Waals surface area (Å²) in [7, 11) is -11.6. The van der Waals surface area contributed by atoms with Crippen molar-refractivity contribution in [2.45, 2.75) is 51.4 Å². The summed E-state index contributed by atoms with van der Waals surface area (Å²) < 4.78 is 35.6. The lowest BCUT2D eigenvalue weighted by atomic mass is 9.78. The third-order valence-electron chi connectivity index (χ3n) is 6.77. The van der Waals surface area contributed by atoms with E-state index in [4.69, 9.17) is 26.2 Å². The van der Waals surface area contributed by atoms with E-state index in [2.05, 4.69) is 51.3 Å². The quantitative estimate of drug-likeness (QED) is 0.459. The Kier molecular flexibility index (Phi) is 8.45. The largest absolute Gasteiger partial charge is 0.519 e. The van der Waals surface area contributed by atoms with Crippen molar-refractivity contribution < 1.29 is 35.8 Å². The van der Waals surface area contributed by atoms with Gasteiger partial charge in [0.25, 0.3) is 0 Å². The first-order valence-electron chi connectivity index (χ1n) is 12.6. The van der Waals surface area contributed by atoms with Gasteiger partial charge in [0, 0.05) is 5.41 Å². The monoisotopic (exact) mass is 572 g/mol. The maximum absolute atomic E-state index is 11.4.